The van der Waals surface area contributed by atoms with Gasteiger partial charge in [-0.3, -0.25) is 9.78 Å². The summed E-state index contributed by atoms with van der Waals surface area (Å²) in [5.74, 6) is 0.720. The Balaban J connectivity index is 1.86. The van der Waals surface area contributed by atoms with E-state index in [0.717, 1.165) is 11.1 Å². The highest BCUT2D eigenvalue weighted by Gasteiger charge is 2.16. The number of pyridine rings is 1. The molecule has 0 saturated carbocycles. The minimum atomic E-state index is -0.262. The predicted molar refractivity (Wildman–Crippen MR) is 88.0 cm³/mol. The first-order valence-electron chi connectivity index (χ1n) is 7.81. The summed E-state index contributed by atoms with van der Waals surface area (Å²) in [6.45, 7) is 1.79. The van der Waals surface area contributed by atoms with E-state index < -0.39 is 0 Å². The first-order chi connectivity index (χ1) is 11.7. The highest BCUT2D eigenvalue weighted by molar-refractivity contribution is 5.78. The van der Waals surface area contributed by atoms with Crippen molar-refractivity contribution in [3.8, 4) is 11.4 Å². The number of hydrogen-bond donors (Lipinski definition) is 0. The van der Waals surface area contributed by atoms with Crippen LogP contribution in [0.3, 0.4) is 0 Å². The summed E-state index contributed by atoms with van der Waals surface area (Å²) in [5.41, 5.74) is 1.75. The van der Waals surface area contributed by atoms with Crippen molar-refractivity contribution in [2.45, 2.75) is 26.2 Å². The molecule has 0 atom stereocenters. The van der Waals surface area contributed by atoms with Gasteiger partial charge in [0.05, 0.1) is 0 Å². The molecule has 0 fully saturated rings. The van der Waals surface area contributed by atoms with E-state index in [0.29, 0.717) is 30.9 Å². The fourth-order valence-corrected chi connectivity index (χ4v) is 2.38. The normalized spacial score (nSPS) is 10.8. The van der Waals surface area contributed by atoms with Crippen molar-refractivity contribution in [3.63, 3.8) is 0 Å². The van der Waals surface area contributed by atoms with Gasteiger partial charge in [-0.1, -0.05) is 19.1 Å². The van der Waals surface area contributed by atoms with Crippen molar-refractivity contribution >= 4 is 5.91 Å². The number of rotatable bonds is 5. The third kappa shape index (κ3) is 3.53. The van der Waals surface area contributed by atoms with E-state index in [9.17, 15) is 9.18 Å². The molecule has 24 heavy (non-hydrogen) atoms. The first-order valence-corrected chi connectivity index (χ1v) is 7.81. The fraction of sp³-hybridized carbons (Fsp3) is 0.222. The van der Waals surface area contributed by atoms with Gasteiger partial charge in [0.15, 0.2) is 5.82 Å². The van der Waals surface area contributed by atoms with Gasteiger partial charge >= 0.3 is 0 Å². The largest absolute Gasteiger partial charge is 0.273 e. The molecule has 3 rings (SSSR count). The van der Waals surface area contributed by atoms with E-state index in [-0.39, 0.29) is 11.7 Å². The average molecular weight is 324 g/mol. The van der Waals surface area contributed by atoms with E-state index in [4.69, 9.17) is 0 Å². The Morgan fingerprint density at radius 3 is 2.62 bits per heavy atom. The van der Waals surface area contributed by atoms with Crippen LogP contribution in [0.25, 0.3) is 11.4 Å². The standard InChI is InChI=1S/C18H17FN4O/c1-2-17(24)23-16(10-7-13-5-8-15(19)9-6-13)21-18(22-23)14-4-3-11-20-12-14/h3-6,8-9,11-12H,2,7,10H2,1H3. The quantitative estimate of drug-likeness (QED) is 0.722. The zero-order valence-corrected chi connectivity index (χ0v) is 13.3. The smallest absolute Gasteiger partial charge is 0.248 e. The molecule has 0 unspecified atom stereocenters. The third-order valence-corrected chi connectivity index (χ3v) is 3.68. The molecule has 0 radical (unpaired) electrons. The molecule has 0 aliphatic carbocycles. The summed E-state index contributed by atoms with van der Waals surface area (Å²) < 4.78 is 14.3. The number of benzene rings is 1. The Hall–Kier alpha value is -2.89. The van der Waals surface area contributed by atoms with Crippen LogP contribution in [-0.4, -0.2) is 25.7 Å². The van der Waals surface area contributed by atoms with Gasteiger partial charge in [0.2, 0.25) is 5.91 Å². The van der Waals surface area contributed by atoms with Crippen molar-refractivity contribution in [2.24, 2.45) is 0 Å². The van der Waals surface area contributed by atoms with Crippen molar-refractivity contribution in [1.29, 1.82) is 0 Å². The van der Waals surface area contributed by atoms with Crippen LogP contribution in [0.1, 0.15) is 29.5 Å². The molecule has 0 amide bonds. The van der Waals surface area contributed by atoms with Crippen LogP contribution in [-0.2, 0) is 12.8 Å². The number of carbonyl (C=O) groups excluding carboxylic acids is 1. The molecule has 0 aliphatic rings. The van der Waals surface area contributed by atoms with Crippen LogP contribution in [0.15, 0.2) is 48.8 Å². The summed E-state index contributed by atoms with van der Waals surface area (Å²) in [7, 11) is 0. The SMILES string of the molecule is CCC(=O)n1nc(-c2cccnc2)nc1CCc1ccc(F)cc1. The number of halogens is 1. The van der Waals surface area contributed by atoms with Crippen molar-refractivity contribution < 1.29 is 9.18 Å². The van der Waals surface area contributed by atoms with Crippen LogP contribution in [0.2, 0.25) is 0 Å². The lowest BCUT2D eigenvalue weighted by molar-refractivity contribution is 0.0889. The van der Waals surface area contributed by atoms with E-state index >= 15 is 0 Å². The molecule has 5 nitrogen and oxygen atoms in total. The van der Waals surface area contributed by atoms with Gasteiger partial charge in [-0.2, -0.15) is 4.68 Å². The number of carbonyl (C=O) groups is 1. The van der Waals surface area contributed by atoms with Crippen LogP contribution in [0.4, 0.5) is 4.39 Å². The molecular weight excluding hydrogens is 307 g/mol. The van der Waals surface area contributed by atoms with Gasteiger partial charge in [0.25, 0.3) is 0 Å². The molecule has 2 heterocycles. The van der Waals surface area contributed by atoms with Crippen LogP contribution in [0.5, 0.6) is 0 Å². The lowest BCUT2D eigenvalue weighted by Gasteiger charge is -2.03. The summed E-state index contributed by atoms with van der Waals surface area (Å²) in [6.07, 6.45) is 4.89. The summed E-state index contributed by atoms with van der Waals surface area (Å²) in [4.78, 5) is 20.7. The Labute approximate surface area is 139 Å². The molecule has 3 aromatic rings. The predicted octanol–water partition coefficient (Wildman–Crippen LogP) is 3.31. The molecule has 1 aromatic carbocycles. The molecule has 122 valence electrons. The second-order valence-corrected chi connectivity index (χ2v) is 5.38. The number of aryl methyl sites for hydroxylation is 2. The van der Waals surface area contributed by atoms with Crippen LogP contribution in [0, 0.1) is 5.82 Å². The minimum Gasteiger partial charge on any atom is -0.273 e. The fourth-order valence-electron chi connectivity index (χ4n) is 2.38. The Morgan fingerprint density at radius 2 is 1.96 bits per heavy atom. The summed E-state index contributed by atoms with van der Waals surface area (Å²) in [5, 5.41) is 4.33. The monoisotopic (exact) mass is 324 g/mol. The van der Waals surface area contributed by atoms with Crippen LogP contribution >= 0.6 is 0 Å². The maximum absolute atomic E-state index is 13.0. The maximum atomic E-state index is 13.0. The molecule has 0 saturated heterocycles. The first kappa shape index (κ1) is 16.0. The third-order valence-electron chi connectivity index (χ3n) is 3.68. The minimum absolute atomic E-state index is 0.105. The summed E-state index contributed by atoms with van der Waals surface area (Å²) >= 11 is 0. The van der Waals surface area contributed by atoms with Gasteiger partial charge in [0.1, 0.15) is 11.6 Å². The van der Waals surface area contributed by atoms with E-state index in [2.05, 4.69) is 15.1 Å². The van der Waals surface area contributed by atoms with Crippen molar-refractivity contribution in [2.75, 3.05) is 0 Å². The van der Waals surface area contributed by atoms with E-state index in [1.807, 2.05) is 6.07 Å². The van der Waals surface area contributed by atoms with Crippen molar-refractivity contribution in [3.05, 3.63) is 66.0 Å². The zero-order chi connectivity index (χ0) is 16.9. The Kier molecular flexibility index (Phi) is 4.74. The van der Waals surface area contributed by atoms with Crippen LogP contribution < -0.4 is 0 Å². The second-order valence-electron chi connectivity index (χ2n) is 5.38. The van der Waals surface area contributed by atoms with Gasteiger partial charge in [-0.15, -0.1) is 5.10 Å². The zero-order valence-electron chi connectivity index (χ0n) is 13.3. The Bertz CT molecular complexity index is 828. The van der Waals surface area contributed by atoms with Crippen molar-refractivity contribution in [1.82, 2.24) is 19.7 Å². The lowest BCUT2D eigenvalue weighted by atomic mass is 10.1. The molecule has 0 N–H and O–H groups in total. The molecule has 0 spiro atoms. The number of hydrogen-bond acceptors (Lipinski definition) is 4. The molecule has 6 heteroatoms. The highest BCUT2D eigenvalue weighted by Crippen LogP contribution is 2.16. The average Bonchev–Trinajstić information content (AvgIpc) is 3.05. The van der Waals surface area contributed by atoms with Gasteiger partial charge in [0, 0.05) is 30.8 Å². The highest BCUT2D eigenvalue weighted by atomic mass is 19.1. The van der Waals surface area contributed by atoms with E-state index in [1.54, 1.807) is 37.5 Å². The summed E-state index contributed by atoms with van der Waals surface area (Å²) in [6, 6.07) is 9.98. The number of nitrogens with zero attached hydrogens (tertiary/aromatic N) is 4. The maximum Gasteiger partial charge on any atom is 0.248 e. The topological polar surface area (TPSA) is 60.7 Å². The molecule has 2 aromatic heterocycles. The van der Waals surface area contributed by atoms with Gasteiger partial charge < -0.3 is 0 Å². The molecule has 0 bridgehead atoms. The Morgan fingerprint density at radius 1 is 1.17 bits per heavy atom. The van der Waals surface area contributed by atoms with E-state index in [1.165, 1.54) is 16.8 Å². The second kappa shape index (κ2) is 7.12. The lowest BCUT2D eigenvalue weighted by Crippen LogP contribution is -2.15. The number of aromatic nitrogens is 4. The van der Waals surface area contributed by atoms with Gasteiger partial charge in [-0.25, -0.2) is 9.37 Å². The molecule has 0 aliphatic heterocycles. The van der Waals surface area contributed by atoms with Gasteiger partial charge in [-0.05, 0) is 36.2 Å². The molecular formula is C18H17FN4O.